The van der Waals surface area contributed by atoms with Gasteiger partial charge < -0.3 is 14.5 Å². The van der Waals surface area contributed by atoms with Crippen LogP contribution in [-0.4, -0.2) is 21.3 Å². The Morgan fingerprint density at radius 2 is 2.25 bits per heavy atom. The van der Waals surface area contributed by atoms with E-state index in [1.807, 2.05) is 13.0 Å². The van der Waals surface area contributed by atoms with Gasteiger partial charge in [0.15, 0.2) is 0 Å². The fraction of sp³-hybridized carbons (Fsp3) is 0.571. The number of hydrogen-bond donors (Lipinski definition) is 1. The number of nitrogens with zero attached hydrogens (tertiary/aromatic N) is 3. The monoisotopic (exact) mass is 278 g/mol. The second-order valence-electron chi connectivity index (χ2n) is 5.33. The summed E-state index contributed by atoms with van der Waals surface area (Å²) >= 11 is 0. The van der Waals surface area contributed by atoms with E-state index in [4.69, 9.17) is 9.15 Å². The van der Waals surface area contributed by atoms with Crippen molar-refractivity contribution >= 4 is 0 Å². The lowest BCUT2D eigenvalue weighted by Gasteiger charge is -2.05. The van der Waals surface area contributed by atoms with Crippen LogP contribution in [0.5, 0.6) is 6.01 Å². The average Bonchev–Trinajstić information content (AvgIpc) is 2.93. The Bertz CT molecular complexity index is 545. The van der Waals surface area contributed by atoms with Crippen molar-refractivity contribution in [2.24, 2.45) is 13.0 Å². The first-order valence-electron chi connectivity index (χ1n) is 6.82. The molecule has 0 aliphatic heterocycles. The third kappa shape index (κ3) is 4.09. The van der Waals surface area contributed by atoms with Crippen LogP contribution in [0.15, 0.2) is 16.8 Å². The standard InChI is InChI=1S/C14H22N4O2/c1-10(2)6-15-7-13-11(3)5-12(20-13)8-19-14-16-9-18(4)17-14/h5,9-10,15H,6-8H2,1-4H3. The molecule has 0 saturated carbocycles. The van der Waals surface area contributed by atoms with E-state index >= 15 is 0 Å². The number of aryl methyl sites for hydroxylation is 2. The zero-order chi connectivity index (χ0) is 14.5. The second-order valence-corrected chi connectivity index (χ2v) is 5.33. The van der Waals surface area contributed by atoms with Crippen LogP contribution in [0.25, 0.3) is 0 Å². The van der Waals surface area contributed by atoms with E-state index < -0.39 is 0 Å². The van der Waals surface area contributed by atoms with Gasteiger partial charge in [-0.3, -0.25) is 4.68 Å². The molecule has 0 spiro atoms. The summed E-state index contributed by atoms with van der Waals surface area (Å²) in [6, 6.07) is 2.36. The Morgan fingerprint density at radius 3 is 2.90 bits per heavy atom. The zero-order valence-corrected chi connectivity index (χ0v) is 12.5. The minimum atomic E-state index is 0.342. The lowest BCUT2D eigenvalue weighted by atomic mass is 10.2. The number of rotatable bonds is 7. The molecule has 110 valence electrons. The normalized spacial score (nSPS) is 11.2. The van der Waals surface area contributed by atoms with Gasteiger partial charge in [0.1, 0.15) is 24.5 Å². The molecule has 0 unspecified atom stereocenters. The first kappa shape index (κ1) is 14.6. The number of ether oxygens (including phenoxy) is 1. The van der Waals surface area contributed by atoms with Crippen LogP contribution in [0.3, 0.4) is 0 Å². The quantitative estimate of drug-likeness (QED) is 0.839. The van der Waals surface area contributed by atoms with Crippen molar-refractivity contribution in [3.05, 3.63) is 29.5 Å². The fourth-order valence-electron chi connectivity index (χ4n) is 1.83. The lowest BCUT2D eigenvalue weighted by Crippen LogP contribution is -2.18. The number of hydrogen-bond acceptors (Lipinski definition) is 5. The van der Waals surface area contributed by atoms with Crippen LogP contribution in [0.2, 0.25) is 0 Å². The van der Waals surface area contributed by atoms with Crippen LogP contribution in [-0.2, 0) is 20.2 Å². The third-order valence-corrected chi connectivity index (χ3v) is 2.83. The van der Waals surface area contributed by atoms with Crippen molar-refractivity contribution in [2.45, 2.75) is 33.9 Å². The van der Waals surface area contributed by atoms with Gasteiger partial charge in [0.2, 0.25) is 0 Å². The van der Waals surface area contributed by atoms with Gasteiger partial charge >= 0.3 is 6.01 Å². The van der Waals surface area contributed by atoms with E-state index in [0.717, 1.165) is 30.2 Å². The van der Waals surface area contributed by atoms with Crippen molar-refractivity contribution in [2.75, 3.05) is 6.54 Å². The van der Waals surface area contributed by atoms with E-state index in [-0.39, 0.29) is 0 Å². The van der Waals surface area contributed by atoms with Gasteiger partial charge in [0.05, 0.1) is 6.54 Å². The molecule has 6 heteroatoms. The first-order valence-corrected chi connectivity index (χ1v) is 6.82. The van der Waals surface area contributed by atoms with E-state index in [1.165, 1.54) is 0 Å². The van der Waals surface area contributed by atoms with E-state index in [9.17, 15) is 0 Å². The smallest absolute Gasteiger partial charge is 0.335 e. The summed E-state index contributed by atoms with van der Waals surface area (Å²) in [5, 5.41) is 7.42. The molecule has 0 aromatic carbocycles. The maximum absolute atomic E-state index is 5.77. The van der Waals surface area contributed by atoms with Gasteiger partial charge in [-0.1, -0.05) is 13.8 Å². The molecule has 0 fully saturated rings. The highest BCUT2D eigenvalue weighted by Gasteiger charge is 2.09. The molecule has 2 rings (SSSR count). The molecule has 0 radical (unpaired) electrons. The molecule has 6 nitrogen and oxygen atoms in total. The van der Waals surface area contributed by atoms with Crippen LogP contribution < -0.4 is 10.1 Å². The second kappa shape index (κ2) is 6.56. The van der Waals surface area contributed by atoms with E-state index in [2.05, 4.69) is 29.2 Å². The largest absolute Gasteiger partial charge is 0.461 e. The summed E-state index contributed by atoms with van der Waals surface area (Å²) in [5.41, 5.74) is 1.13. The molecule has 1 N–H and O–H groups in total. The maximum Gasteiger partial charge on any atom is 0.335 e. The van der Waals surface area contributed by atoms with Gasteiger partial charge in [-0.25, -0.2) is 0 Å². The Labute approximate surface area is 119 Å². The topological polar surface area (TPSA) is 65.1 Å². The van der Waals surface area contributed by atoms with Crippen LogP contribution >= 0.6 is 0 Å². The molecular weight excluding hydrogens is 256 g/mol. The fourth-order valence-corrected chi connectivity index (χ4v) is 1.83. The Kier molecular flexibility index (Phi) is 4.79. The van der Waals surface area contributed by atoms with Crippen LogP contribution in [0, 0.1) is 12.8 Å². The maximum atomic E-state index is 5.77. The summed E-state index contributed by atoms with van der Waals surface area (Å²) in [5.74, 6) is 2.37. The third-order valence-electron chi connectivity index (χ3n) is 2.83. The predicted molar refractivity (Wildman–Crippen MR) is 75.3 cm³/mol. The molecule has 0 amide bonds. The zero-order valence-electron chi connectivity index (χ0n) is 12.5. The number of aromatic nitrogens is 3. The predicted octanol–water partition coefficient (Wildman–Crippen LogP) is 2.04. The van der Waals surface area contributed by atoms with E-state index in [0.29, 0.717) is 18.5 Å². The minimum Gasteiger partial charge on any atom is -0.461 e. The van der Waals surface area contributed by atoms with Gasteiger partial charge in [-0.05, 0) is 31.0 Å². The molecule has 2 aromatic heterocycles. The Balaban J connectivity index is 1.86. The summed E-state index contributed by atoms with van der Waals surface area (Å²) in [4.78, 5) is 4.00. The average molecular weight is 278 g/mol. The van der Waals surface area contributed by atoms with Crippen molar-refractivity contribution in [3.63, 3.8) is 0 Å². The van der Waals surface area contributed by atoms with Crippen molar-refractivity contribution in [3.8, 4) is 6.01 Å². The summed E-state index contributed by atoms with van der Waals surface area (Å²) in [6.07, 6.45) is 1.60. The molecule has 0 bridgehead atoms. The molecule has 20 heavy (non-hydrogen) atoms. The highest BCUT2D eigenvalue weighted by Crippen LogP contribution is 2.16. The molecule has 0 saturated heterocycles. The molecule has 0 aliphatic carbocycles. The summed E-state index contributed by atoms with van der Waals surface area (Å²) in [7, 11) is 1.80. The minimum absolute atomic E-state index is 0.342. The SMILES string of the molecule is Cc1cc(COc2ncn(C)n2)oc1CNCC(C)C. The summed E-state index contributed by atoms with van der Waals surface area (Å²) < 4.78 is 12.8. The molecule has 2 aromatic rings. The molecule has 2 heterocycles. The Morgan fingerprint density at radius 1 is 1.45 bits per heavy atom. The number of furan rings is 1. The van der Waals surface area contributed by atoms with Crippen molar-refractivity contribution < 1.29 is 9.15 Å². The lowest BCUT2D eigenvalue weighted by molar-refractivity contribution is 0.245. The Hall–Kier alpha value is -1.82. The van der Waals surface area contributed by atoms with Crippen LogP contribution in [0.4, 0.5) is 0 Å². The number of nitrogens with one attached hydrogen (secondary N) is 1. The highest BCUT2D eigenvalue weighted by atomic mass is 16.5. The van der Waals surface area contributed by atoms with Crippen molar-refractivity contribution in [1.29, 1.82) is 0 Å². The van der Waals surface area contributed by atoms with Gasteiger partial charge in [0, 0.05) is 7.05 Å². The van der Waals surface area contributed by atoms with Gasteiger partial charge in [-0.15, -0.1) is 5.10 Å². The molecule has 0 atom stereocenters. The summed E-state index contributed by atoms with van der Waals surface area (Å²) in [6.45, 7) is 8.46. The molecule has 0 aliphatic rings. The first-order chi connectivity index (χ1) is 9.54. The highest BCUT2D eigenvalue weighted by molar-refractivity contribution is 5.19. The van der Waals surface area contributed by atoms with Crippen LogP contribution in [0.1, 0.15) is 30.9 Å². The van der Waals surface area contributed by atoms with Gasteiger partial charge in [0.25, 0.3) is 0 Å². The van der Waals surface area contributed by atoms with E-state index in [1.54, 1.807) is 18.1 Å². The molecular formula is C14H22N4O2. The van der Waals surface area contributed by atoms with Crippen molar-refractivity contribution in [1.82, 2.24) is 20.1 Å². The van der Waals surface area contributed by atoms with Gasteiger partial charge in [-0.2, -0.15) is 4.98 Å².